The highest BCUT2D eigenvalue weighted by Gasteiger charge is 2.34. The smallest absolute Gasteiger partial charge is 0.337 e. The van der Waals surface area contributed by atoms with Crippen LogP contribution in [-0.4, -0.2) is 29.3 Å². The number of hydrogen-bond acceptors (Lipinski definition) is 3. The van der Waals surface area contributed by atoms with Gasteiger partial charge in [0.2, 0.25) is 11.8 Å². The van der Waals surface area contributed by atoms with Crippen LogP contribution in [0.4, 0.5) is 23.2 Å². The molecule has 160 valence electrons. The van der Waals surface area contributed by atoms with Crippen LogP contribution in [0.15, 0.2) is 36.4 Å². The van der Waals surface area contributed by atoms with E-state index in [0.29, 0.717) is 31.3 Å². The van der Waals surface area contributed by atoms with Crippen LogP contribution < -0.4 is 11.1 Å². The van der Waals surface area contributed by atoms with Crippen molar-refractivity contribution in [3.05, 3.63) is 64.5 Å². The number of anilines is 1. The summed E-state index contributed by atoms with van der Waals surface area (Å²) in [5.74, 6) is -2.04. The molecule has 1 heterocycles. The number of alkyl halides is 3. The molecule has 3 N–H and O–H groups in total. The Bertz CT molecular complexity index is 973. The van der Waals surface area contributed by atoms with Gasteiger partial charge in [0.25, 0.3) is 0 Å². The van der Waals surface area contributed by atoms with E-state index in [4.69, 9.17) is 5.73 Å². The highest BCUT2D eigenvalue weighted by atomic mass is 19.4. The van der Waals surface area contributed by atoms with E-state index < -0.39 is 29.5 Å². The van der Waals surface area contributed by atoms with Crippen LogP contribution in [0.3, 0.4) is 0 Å². The Labute approximate surface area is 170 Å². The highest BCUT2D eigenvalue weighted by molar-refractivity contribution is 5.93. The van der Waals surface area contributed by atoms with Gasteiger partial charge in [0.1, 0.15) is 5.82 Å². The normalized spacial score (nSPS) is 14.8. The second kappa shape index (κ2) is 8.43. The molecule has 2 amide bonds. The van der Waals surface area contributed by atoms with Crippen molar-refractivity contribution >= 4 is 17.5 Å². The van der Waals surface area contributed by atoms with Crippen LogP contribution >= 0.6 is 0 Å². The fraction of sp³-hybridized carbons (Fsp3) is 0.333. The van der Waals surface area contributed by atoms with Crippen molar-refractivity contribution in [3.8, 4) is 0 Å². The topological polar surface area (TPSA) is 75.4 Å². The molecule has 0 aliphatic carbocycles. The third-order valence-electron chi connectivity index (χ3n) is 4.94. The summed E-state index contributed by atoms with van der Waals surface area (Å²) in [6, 6.07) is 7.16. The molecule has 30 heavy (non-hydrogen) atoms. The summed E-state index contributed by atoms with van der Waals surface area (Å²) in [5, 5.41) is 2.74. The molecule has 0 saturated carbocycles. The zero-order valence-corrected chi connectivity index (χ0v) is 16.2. The molecule has 0 radical (unpaired) electrons. The van der Waals surface area contributed by atoms with Gasteiger partial charge in [-0.15, -0.1) is 0 Å². The number of fused-ring (bicyclic) bond motifs is 1. The molecule has 1 aliphatic heterocycles. The summed E-state index contributed by atoms with van der Waals surface area (Å²) in [4.78, 5) is 26.2. The third kappa shape index (κ3) is 4.79. The Morgan fingerprint density at radius 2 is 1.97 bits per heavy atom. The first-order valence-electron chi connectivity index (χ1n) is 9.37. The lowest BCUT2D eigenvalue weighted by molar-refractivity contribution is -0.140. The molecule has 0 aromatic heterocycles. The van der Waals surface area contributed by atoms with Crippen molar-refractivity contribution in [2.75, 3.05) is 11.9 Å². The van der Waals surface area contributed by atoms with Gasteiger partial charge < -0.3 is 16.0 Å². The number of nitrogens with two attached hydrogens (primary N) is 1. The Balaban J connectivity index is 1.71. The SMILES string of the molecule is C[C@H](N)C(=O)N1CCc2c(cccc2NC(=O)Cc2ccc(C(F)(F)F)c(F)c2)C1. The fourth-order valence-electron chi connectivity index (χ4n) is 3.48. The second-order valence-electron chi connectivity index (χ2n) is 7.28. The van der Waals surface area contributed by atoms with E-state index in [0.717, 1.165) is 23.3 Å². The quantitative estimate of drug-likeness (QED) is 0.742. The molecule has 3 rings (SSSR count). The maximum atomic E-state index is 13.7. The summed E-state index contributed by atoms with van der Waals surface area (Å²) in [7, 11) is 0. The van der Waals surface area contributed by atoms with Gasteiger partial charge in [-0.1, -0.05) is 18.2 Å². The van der Waals surface area contributed by atoms with Gasteiger partial charge >= 0.3 is 6.18 Å². The summed E-state index contributed by atoms with van der Waals surface area (Å²) in [5.41, 5.74) is 6.77. The first kappa shape index (κ1) is 21.8. The largest absolute Gasteiger partial charge is 0.419 e. The maximum Gasteiger partial charge on any atom is 0.419 e. The third-order valence-corrected chi connectivity index (χ3v) is 4.94. The van der Waals surface area contributed by atoms with Crippen molar-refractivity contribution in [1.82, 2.24) is 4.90 Å². The molecule has 0 bridgehead atoms. The zero-order valence-electron chi connectivity index (χ0n) is 16.2. The number of halogens is 4. The Kier molecular flexibility index (Phi) is 6.12. The number of hydrogen-bond donors (Lipinski definition) is 2. The van der Waals surface area contributed by atoms with Crippen molar-refractivity contribution < 1.29 is 27.2 Å². The monoisotopic (exact) mass is 423 g/mol. The molecule has 9 heteroatoms. The Morgan fingerprint density at radius 1 is 1.23 bits per heavy atom. The van der Waals surface area contributed by atoms with Crippen LogP contribution in [0.2, 0.25) is 0 Å². The maximum absolute atomic E-state index is 13.7. The predicted octanol–water partition coefficient (Wildman–Crippen LogP) is 3.26. The molecule has 1 aliphatic rings. The molecular formula is C21H21F4N3O2. The number of carbonyl (C=O) groups excluding carboxylic acids is 2. The molecule has 2 aromatic carbocycles. The van der Waals surface area contributed by atoms with E-state index in [1.54, 1.807) is 24.0 Å². The summed E-state index contributed by atoms with van der Waals surface area (Å²) < 4.78 is 51.7. The van der Waals surface area contributed by atoms with Crippen LogP contribution in [0, 0.1) is 5.82 Å². The molecule has 1 atom stereocenters. The number of carbonyl (C=O) groups is 2. The van der Waals surface area contributed by atoms with Crippen LogP contribution in [0.1, 0.15) is 29.2 Å². The van der Waals surface area contributed by atoms with Gasteiger partial charge in [0.15, 0.2) is 0 Å². The predicted molar refractivity (Wildman–Crippen MR) is 103 cm³/mol. The molecule has 0 saturated heterocycles. The number of benzene rings is 2. The summed E-state index contributed by atoms with van der Waals surface area (Å²) >= 11 is 0. The van der Waals surface area contributed by atoms with Crippen molar-refractivity contribution in [1.29, 1.82) is 0 Å². The minimum atomic E-state index is -4.79. The van der Waals surface area contributed by atoms with Crippen molar-refractivity contribution in [3.63, 3.8) is 0 Å². The zero-order chi connectivity index (χ0) is 22.1. The van der Waals surface area contributed by atoms with Crippen LogP contribution in [0.5, 0.6) is 0 Å². The fourth-order valence-corrected chi connectivity index (χ4v) is 3.48. The van der Waals surface area contributed by atoms with Gasteiger partial charge in [0.05, 0.1) is 18.0 Å². The van der Waals surface area contributed by atoms with Crippen molar-refractivity contribution in [2.45, 2.75) is 38.5 Å². The number of amides is 2. The number of rotatable bonds is 4. The van der Waals surface area contributed by atoms with Gasteiger partial charge in [-0.3, -0.25) is 9.59 Å². The lowest BCUT2D eigenvalue weighted by Crippen LogP contribution is -2.44. The molecule has 0 spiro atoms. The molecule has 2 aromatic rings. The Morgan fingerprint density at radius 3 is 2.60 bits per heavy atom. The number of nitrogens with one attached hydrogen (secondary N) is 1. The first-order valence-corrected chi connectivity index (χ1v) is 9.37. The van der Waals surface area contributed by atoms with E-state index in [9.17, 15) is 27.2 Å². The van der Waals surface area contributed by atoms with Gasteiger partial charge in [-0.05, 0) is 48.2 Å². The summed E-state index contributed by atoms with van der Waals surface area (Å²) in [6.45, 7) is 2.46. The Hall–Kier alpha value is -2.94. The van der Waals surface area contributed by atoms with Gasteiger partial charge in [0, 0.05) is 18.8 Å². The van der Waals surface area contributed by atoms with E-state index in [1.165, 1.54) is 0 Å². The average Bonchev–Trinajstić information content (AvgIpc) is 2.66. The first-order chi connectivity index (χ1) is 14.1. The molecule has 0 fully saturated rings. The van der Waals surface area contributed by atoms with E-state index in [2.05, 4.69) is 5.32 Å². The molecular weight excluding hydrogens is 402 g/mol. The molecule has 0 unspecified atom stereocenters. The van der Waals surface area contributed by atoms with E-state index >= 15 is 0 Å². The minimum Gasteiger partial charge on any atom is -0.337 e. The van der Waals surface area contributed by atoms with Crippen LogP contribution in [-0.2, 0) is 35.2 Å². The van der Waals surface area contributed by atoms with Gasteiger partial charge in [-0.2, -0.15) is 13.2 Å². The summed E-state index contributed by atoms with van der Waals surface area (Å²) in [6.07, 6.45) is -4.53. The van der Waals surface area contributed by atoms with E-state index in [-0.39, 0.29) is 17.9 Å². The van der Waals surface area contributed by atoms with Crippen molar-refractivity contribution in [2.24, 2.45) is 5.73 Å². The minimum absolute atomic E-state index is 0.136. The standard InChI is InChI=1S/C21H21F4N3O2/c1-12(26)20(30)28-8-7-15-14(11-28)3-2-4-18(15)27-19(29)10-13-5-6-16(17(22)9-13)21(23,24)25/h2-6,9,12H,7-8,10-11,26H2,1H3,(H,27,29)/t12-/m0/s1. The van der Waals surface area contributed by atoms with Crippen LogP contribution in [0.25, 0.3) is 0 Å². The number of nitrogens with zero attached hydrogens (tertiary/aromatic N) is 1. The highest BCUT2D eigenvalue weighted by Crippen LogP contribution is 2.32. The lowest BCUT2D eigenvalue weighted by atomic mass is 9.97. The van der Waals surface area contributed by atoms with E-state index in [1.807, 2.05) is 6.07 Å². The second-order valence-corrected chi connectivity index (χ2v) is 7.28. The molecule has 5 nitrogen and oxygen atoms in total. The van der Waals surface area contributed by atoms with Gasteiger partial charge in [-0.25, -0.2) is 4.39 Å². The lowest BCUT2D eigenvalue weighted by Gasteiger charge is -2.31. The average molecular weight is 423 g/mol.